The summed E-state index contributed by atoms with van der Waals surface area (Å²) >= 11 is 0. The van der Waals surface area contributed by atoms with Gasteiger partial charge in [0, 0.05) is 86.3 Å². The molecule has 6 fully saturated rings. The highest BCUT2D eigenvalue weighted by molar-refractivity contribution is 5.97. The number of carbonyl (C=O) groups is 2. The molecule has 5 aliphatic carbocycles. The summed E-state index contributed by atoms with van der Waals surface area (Å²) in [5, 5.41) is 13.0. The summed E-state index contributed by atoms with van der Waals surface area (Å²) in [6.07, 6.45) is 2.21. The Morgan fingerprint density at radius 2 is 1.55 bits per heavy atom. The first kappa shape index (κ1) is 39.5. The van der Waals surface area contributed by atoms with Crippen molar-refractivity contribution in [2.45, 2.75) is 139 Å². The number of likely N-dealkylation sites (tertiary alicyclic amines) is 1. The maximum Gasteiger partial charge on any atom is 0.434 e. The van der Waals surface area contributed by atoms with Crippen molar-refractivity contribution in [3.8, 4) is 17.1 Å². The first-order chi connectivity index (χ1) is 27.5. The van der Waals surface area contributed by atoms with Crippen molar-refractivity contribution >= 4 is 22.8 Å². The second-order valence-electron chi connectivity index (χ2n) is 18.1. The van der Waals surface area contributed by atoms with Gasteiger partial charge in [-0.15, -0.1) is 0 Å². The predicted octanol–water partition coefficient (Wildman–Crippen LogP) is 9.30. The number of rotatable bonds is 8. The normalized spacial score (nSPS) is 30.5. The van der Waals surface area contributed by atoms with Crippen LogP contribution in [0.15, 0.2) is 30.6 Å². The Balaban J connectivity index is 0.971. The molecule has 3 heterocycles. The number of benzene rings is 1. The molecule has 5 unspecified atom stereocenters. The number of fused-ring (bicyclic) bond motifs is 2. The molecular weight excluding hydrogens is 771 g/mol. The number of ether oxygens (including phenoxy) is 1. The van der Waals surface area contributed by atoms with Gasteiger partial charge in [0.25, 0.3) is 5.91 Å². The molecule has 1 aromatic carbocycles. The lowest BCUT2D eigenvalue weighted by Crippen LogP contribution is -2.60. The van der Waals surface area contributed by atoms with Gasteiger partial charge in [0.15, 0.2) is 11.5 Å². The van der Waals surface area contributed by atoms with E-state index in [1.807, 2.05) is 0 Å². The fourth-order valence-corrected chi connectivity index (χ4v) is 11.6. The number of aromatic nitrogens is 3. The topological polar surface area (TPSA) is 110 Å². The van der Waals surface area contributed by atoms with Crippen molar-refractivity contribution in [2.75, 3.05) is 13.1 Å². The molecule has 58 heavy (non-hydrogen) atoms. The highest BCUT2D eigenvalue weighted by Gasteiger charge is 2.64. The van der Waals surface area contributed by atoms with Crippen LogP contribution >= 0.6 is 0 Å². The van der Waals surface area contributed by atoms with E-state index in [0.29, 0.717) is 74.7 Å². The lowest BCUT2D eigenvalue weighted by molar-refractivity contribution is -0.147. The SMILES string of the molecule is O=C(NC1CC2CC3CC(C(=O)O)CC21C3)c1cnc(-c2cn(C3CCC(F)(F)CC3)c3cc(OC4CCN(C5CCC(F)(F)CC5)CC4)ccc23)nc1C(F)(F)F. The minimum absolute atomic E-state index is 0.101. The number of halogens is 7. The van der Waals surface area contributed by atoms with Gasteiger partial charge in [-0.1, -0.05) is 0 Å². The van der Waals surface area contributed by atoms with E-state index in [2.05, 4.69) is 20.2 Å². The van der Waals surface area contributed by atoms with Crippen molar-refractivity contribution < 1.29 is 50.2 Å². The van der Waals surface area contributed by atoms with Crippen LogP contribution < -0.4 is 10.1 Å². The third-order valence-corrected chi connectivity index (χ3v) is 14.6. The van der Waals surface area contributed by atoms with Crippen LogP contribution in [-0.4, -0.2) is 79.5 Å². The van der Waals surface area contributed by atoms with Crippen LogP contribution in [0.1, 0.15) is 118 Å². The van der Waals surface area contributed by atoms with Crippen LogP contribution in [0.5, 0.6) is 5.75 Å². The number of piperidine rings is 1. The fraction of sp³-hybridized carbons (Fsp3) is 0.667. The van der Waals surface area contributed by atoms with Crippen LogP contribution in [0, 0.1) is 23.2 Å². The summed E-state index contributed by atoms with van der Waals surface area (Å²) in [6, 6.07) is 4.50. The van der Waals surface area contributed by atoms with Gasteiger partial charge in [0.2, 0.25) is 11.8 Å². The Bertz CT molecular complexity index is 2060. The number of carbonyl (C=O) groups excluding carboxylic acids is 1. The Labute approximate surface area is 331 Å². The zero-order valence-corrected chi connectivity index (χ0v) is 32.1. The zero-order valence-electron chi connectivity index (χ0n) is 32.1. The predicted molar refractivity (Wildman–Crippen MR) is 198 cm³/mol. The highest BCUT2D eigenvalue weighted by Crippen LogP contribution is 2.66. The summed E-state index contributed by atoms with van der Waals surface area (Å²) in [5.74, 6) is -7.10. The van der Waals surface area contributed by atoms with Crippen molar-refractivity contribution in [1.29, 1.82) is 0 Å². The lowest BCUT2D eigenvalue weighted by atomic mass is 9.53. The maximum absolute atomic E-state index is 14.8. The van der Waals surface area contributed by atoms with Gasteiger partial charge in [-0.2, -0.15) is 13.2 Å². The van der Waals surface area contributed by atoms with Crippen LogP contribution in [0.25, 0.3) is 22.3 Å². The molecule has 5 saturated carbocycles. The number of carboxylic acids is 1. The van der Waals surface area contributed by atoms with Crippen molar-refractivity contribution in [3.63, 3.8) is 0 Å². The number of hydrogen-bond acceptors (Lipinski definition) is 6. The van der Waals surface area contributed by atoms with Gasteiger partial charge in [-0.25, -0.2) is 27.5 Å². The van der Waals surface area contributed by atoms with Gasteiger partial charge in [0.05, 0.1) is 17.0 Å². The van der Waals surface area contributed by atoms with E-state index in [4.69, 9.17) is 4.74 Å². The van der Waals surface area contributed by atoms with E-state index in [0.717, 1.165) is 19.0 Å². The van der Waals surface area contributed by atoms with E-state index >= 15 is 0 Å². The average molecular weight is 820 g/mol. The highest BCUT2D eigenvalue weighted by atomic mass is 19.4. The molecule has 2 aromatic heterocycles. The number of alkyl halides is 7. The maximum atomic E-state index is 14.8. The molecule has 1 aliphatic heterocycles. The van der Waals surface area contributed by atoms with E-state index in [1.165, 1.54) is 0 Å². The number of nitrogens with one attached hydrogen (secondary N) is 1. The van der Waals surface area contributed by atoms with Crippen LogP contribution in [0.3, 0.4) is 0 Å². The number of hydrogen-bond donors (Lipinski definition) is 2. The average Bonchev–Trinajstić information content (AvgIpc) is 3.64. The monoisotopic (exact) mass is 819 g/mol. The third kappa shape index (κ3) is 7.33. The van der Waals surface area contributed by atoms with Crippen molar-refractivity contribution in [2.24, 2.45) is 23.2 Å². The number of amides is 1. The Hall–Kier alpha value is -3.95. The molecule has 1 amide bonds. The molecule has 2 N–H and O–H groups in total. The number of aliphatic carboxylic acids is 1. The Morgan fingerprint density at radius 3 is 2.21 bits per heavy atom. The van der Waals surface area contributed by atoms with Gasteiger partial charge < -0.3 is 24.6 Å². The molecular formula is C42H48F7N5O4. The van der Waals surface area contributed by atoms with Crippen LogP contribution in [-0.2, 0) is 11.0 Å². The van der Waals surface area contributed by atoms with E-state index in [9.17, 15) is 45.4 Å². The molecule has 0 radical (unpaired) electrons. The van der Waals surface area contributed by atoms with Crippen LogP contribution in [0.2, 0.25) is 0 Å². The molecule has 2 bridgehead atoms. The summed E-state index contributed by atoms with van der Waals surface area (Å²) in [7, 11) is 0. The van der Waals surface area contributed by atoms with Crippen molar-refractivity contribution in [3.05, 3.63) is 41.9 Å². The van der Waals surface area contributed by atoms with E-state index in [1.54, 1.807) is 29.0 Å². The van der Waals surface area contributed by atoms with Gasteiger partial charge in [0.1, 0.15) is 11.9 Å². The smallest absolute Gasteiger partial charge is 0.434 e. The van der Waals surface area contributed by atoms with Crippen LogP contribution in [0.4, 0.5) is 30.7 Å². The Morgan fingerprint density at radius 1 is 0.879 bits per heavy atom. The molecule has 1 saturated heterocycles. The van der Waals surface area contributed by atoms with Gasteiger partial charge >= 0.3 is 12.1 Å². The van der Waals surface area contributed by atoms with E-state index < -0.39 is 58.5 Å². The second kappa shape index (κ2) is 14.4. The van der Waals surface area contributed by atoms with Gasteiger partial charge in [-0.05, 0) is 100 Å². The first-order valence-electron chi connectivity index (χ1n) is 20.8. The first-order valence-corrected chi connectivity index (χ1v) is 20.8. The second-order valence-corrected chi connectivity index (χ2v) is 18.1. The fourth-order valence-electron chi connectivity index (χ4n) is 11.6. The Kier molecular flexibility index (Phi) is 9.78. The number of carboxylic acid groups (broad SMARTS) is 1. The molecule has 1 spiro atoms. The zero-order chi connectivity index (χ0) is 40.8. The van der Waals surface area contributed by atoms with E-state index in [-0.39, 0.29) is 79.9 Å². The quantitative estimate of drug-likeness (QED) is 0.218. The summed E-state index contributed by atoms with van der Waals surface area (Å²) in [5.41, 5.74) is -1.74. The molecule has 9 nitrogen and oxygen atoms in total. The summed E-state index contributed by atoms with van der Waals surface area (Å²) in [4.78, 5) is 36.0. The number of nitrogens with zero attached hydrogens (tertiary/aromatic N) is 4. The minimum atomic E-state index is -5.02. The summed E-state index contributed by atoms with van der Waals surface area (Å²) in [6.45, 7) is 1.42. The molecule has 16 heteroatoms. The summed E-state index contributed by atoms with van der Waals surface area (Å²) < 4.78 is 108. The standard InChI is InChI=1S/C42H48F7N5O4/c43-40(44)9-3-26(4-10-40)53-13-7-28(8-14-53)58-29-1-2-30-32(22-54(33(30)18-29)27-5-11-41(45,46)12-6-27)36-50-21-31(35(52-36)42(47,48)49)37(55)51-34-17-25-16-23-15-24(38(56)57)20-39(25,34)19-23/h1-2,18,21-28,34H,3-17,19-20H2,(H,51,55)(H,56,57). The largest absolute Gasteiger partial charge is 0.490 e. The minimum Gasteiger partial charge on any atom is -0.490 e. The lowest BCUT2D eigenvalue weighted by Gasteiger charge is -2.55. The third-order valence-electron chi connectivity index (χ3n) is 14.6. The molecule has 314 valence electrons. The molecule has 9 rings (SSSR count). The molecule has 6 aliphatic rings. The molecule has 5 atom stereocenters. The molecule has 3 aromatic rings. The van der Waals surface area contributed by atoms with Crippen molar-refractivity contribution in [1.82, 2.24) is 24.8 Å². The van der Waals surface area contributed by atoms with Gasteiger partial charge in [-0.3, -0.25) is 9.59 Å².